The largest absolute Gasteiger partial charge is 0.394 e. The average Bonchev–Trinajstić information content (AvgIpc) is 3.24. The van der Waals surface area contributed by atoms with Gasteiger partial charge in [-0.25, -0.2) is 0 Å². The molecule has 41 heavy (non-hydrogen) atoms. The van der Waals surface area contributed by atoms with E-state index in [0.29, 0.717) is 13.1 Å². The van der Waals surface area contributed by atoms with Gasteiger partial charge in [0.05, 0.1) is 29.2 Å². The Morgan fingerprint density at radius 2 is 1.63 bits per heavy atom. The van der Waals surface area contributed by atoms with Crippen molar-refractivity contribution in [1.82, 2.24) is 9.80 Å². The highest BCUT2D eigenvalue weighted by Crippen LogP contribution is 2.66. The van der Waals surface area contributed by atoms with Crippen LogP contribution >= 0.6 is 11.8 Å². The molecule has 2 fully saturated rings. The SMILES string of the molecule is CC[C@H](C)[C@H](CO)N1C(=O)[C@@H]2[C@@H]3C(=O)N(C)CC=C[C@]3(C)S[C@@]23C=CCN(c2ccc(N(CC)CC)cc2)C(=O)C13. The molecule has 0 aliphatic carbocycles. The summed E-state index contributed by atoms with van der Waals surface area (Å²) in [5.41, 5.74) is 1.86. The molecule has 7 atom stereocenters. The first-order valence-electron chi connectivity index (χ1n) is 15.0. The van der Waals surface area contributed by atoms with Gasteiger partial charge >= 0.3 is 0 Å². The number of likely N-dealkylation sites (tertiary alicyclic amines) is 1. The molecule has 0 radical (unpaired) electrons. The van der Waals surface area contributed by atoms with Crippen LogP contribution in [0.2, 0.25) is 0 Å². The van der Waals surface area contributed by atoms with Crippen molar-refractivity contribution >= 4 is 40.9 Å². The number of likely N-dealkylation sites (N-methyl/N-ethyl adjacent to an activating group) is 1. The molecule has 1 aromatic rings. The lowest BCUT2D eigenvalue weighted by Gasteiger charge is -2.41. The van der Waals surface area contributed by atoms with Gasteiger partial charge in [-0.05, 0) is 51.0 Å². The van der Waals surface area contributed by atoms with E-state index in [0.717, 1.165) is 30.9 Å². The zero-order valence-electron chi connectivity index (χ0n) is 25.1. The third-order valence-corrected chi connectivity index (χ3v) is 11.6. The Morgan fingerprint density at radius 3 is 2.24 bits per heavy atom. The zero-order chi connectivity index (χ0) is 29.7. The van der Waals surface area contributed by atoms with Crippen LogP contribution in [0, 0.1) is 17.8 Å². The molecule has 4 heterocycles. The Hall–Kier alpha value is -2.78. The lowest BCUT2D eigenvalue weighted by atomic mass is 9.74. The van der Waals surface area contributed by atoms with Crippen molar-refractivity contribution < 1.29 is 19.5 Å². The molecule has 1 unspecified atom stereocenters. The highest BCUT2D eigenvalue weighted by atomic mass is 32.2. The number of nitrogens with zero attached hydrogens (tertiary/aromatic N) is 4. The van der Waals surface area contributed by atoms with Crippen molar-refractivity contribution in [3.8, 4) is 0 Å². The molecule has 5 rings (SSSR count). The van der Waals surface area contributed by atoms with Gasteiger partial charge in [0.1, 0.15) is 6.04 Å². The van der Waals surface area contributed by atoms with Gasteiger partial charge in [0.25, 0.3) is 5.91 Å². The molecule has 1 spiro atoms. The fourth-order valence-electron chi connectivity index (χ4n) is 7.42. The first-order valence-corrected chi connectivity index (χ1v) is 15.8. The van der Waals surface area contributed by atoms with E-state index in [4.69, 9.17) is 0 Å². The molecule has 0 aromatic heterocycles. The van der Waals surface area contributed by atoms with Crippen LogP contribution in [0.4, 0.5) is 11.4 Å². The minimum absolute atomic E-state index is 0.0227. The zero-order valence-corrected chi connectivity index (χ0v) is 25.9. The third-order valence-electron chi connectivity index (χ3n) is 9.83. The molecule has 222 valence electrons. The molecule has 4 aliphatic heterocycles. The van der Waals surface area contributed by atoms with Gasteiger partial charge in [0.2, 0.25) is 11.8 Å². The van der Waals surface area contributed by atoms with Gasteiger partial charge in [-0.2, -0.15) is 0 Å². The quantitative estimate of drug-likeness (QED) is 0.474. The van der Waals surface area contributed by atoms with Crippen molar-refractivity contribution in [1.29, 1.82) is 0 Å². The normalized spacial score (nSPS) is 32.4. The second-order valence-electron chi connectivity index (χ2n) is 12.0. The number of fused-ring (bicyclic) bond motifs is 2. The molecular weight excluding hydrogens is 536 g/mol. The van der Waals surface area contributed by atoms with Crippen LogP contribution in [0.5, 0.6) is 0 Å². The van der Waals surface area contributed by atoms with E-state index < -0.39 is 33.4 Å². The minimum atomic E-state index is -0.928. The fraction of sp³-hybridized carbons (Fsp3) is 0.594. The number of thioether (sulfide) groups is 1. The standard InChI is InChI=1S/C32H44N4O4S/c1-7-21(4)24(20-37)36-27-30(40)35(23-14-12-22(13-15-23)34(8-2)9-3)19-11-17-32(27)26(29(36)39)25-28(38)33(6)18-10-16-31(25,5)41-32/h10-17,21,24-27,37H,7-9,18-20H2,1-6H3/t21-,24-,25+,26-,27?,31-,32-/m0/s1. The van der Waals surface area contributed by atoms with Crippen LogP contribution < -0.4 is 9.80 Å². The van der Waals surface area contributed by atoms with Gasteiger partial charge in [-0.15, -0.1) is 11.8 Å². The predicted molar refractivity (Wildman–Crippen MR) is 165 cm³/mol. The van der Waals surface area contributed by atoms with Gasteiger partial charge < -0.3 is 24.7 Å². The molecule has 0 bridgehead atoms. The summed E-state index contributed by atoms with van der Waals surface area (Å²) < 4.78 is -1.56. The topological polar surface area (TPSA) is 84.4 Å². The predicted octanol–water partition coefficient (Wildman–Crippen LogP) is 3.56. The number of amides is 3. The number of carbonyl (C=O) groups excluding carboxylic acids is 3. The summed E-state index contributed by atoms with van der Waals surface area (Å²) in [5, 5.41) is 10.6. The Labute approximate surface area is 248 Å². The first-order chi connectivity index (χ1) is 19.6. The summed E-state index contributed by atoms with van der Waals surface area (Å²) in [4.78, 5) is 50.6. The molecular formula is C32H44N4O4S. The number of carbonyl (C=O) groups is 3. The van der Waals surface area contributed by atoms with Crippen molar-refractivity contribution in [2.45, 2.75) is 62.6 Å². The van der Waals surface area contributed by atoms with Crippen molar-refractivity contribution in [3.05, 3.63) is 48.6 Å². The van der Waals surface area contributed by atoms with E-state index in [9.17, 15) is 19.5 Å². The first kappa shape index (κ1) is 29.7. The number of aliphatic hydroxyl groups is 1. The van der Waals surface area contributed by atoms with E-state index >= 15 is 0 Å². The summed E-state index contributed by atoms with van der Waals surface area (Å²) in [7, 11) is 1.77. The summed E-state index contributed by atoms with van der Waals surface area (Å²) in [6.45, 7) is 12.7. The third kappa shape index (κ3) is 4.51. The van der Waals surface area contributed by atoms with E-state index in [2.05, 4.69) is 24.8 Å². The minimum Gasteiger partial charge on any atom is -0.394 e. The van der Waals surface area contributed by atoms with Crippen LogP contribution in [0.25, 0.3) is 0 Å². The molecule has 3 amide bonds. The number of rotatable bonds is 8. The Kier molecular flexibility index (Phi) is 8.07. The highest BCUT2D eigenvalue weighted by molar-refractivity contribution is 8.02. The number of aliphatic hydroxyl groups excluding tert-OH is 1. The summed E-state index contributed by atoms with van der Waals surface area (Å²) in [5.74, 6) is -1.78. The van der Waals surface area contributed by atoms with Crippen LogP contribution in [0.3, 0.4) is 0 Å². The van der Waals surface area contributed by atoms with Crippen molar-refractivity contribution in [2.24, 2.45) is 17.8 Å². The van der Waals surface area contributed by atoms with Crippen LogP contribution in [-0.2, 0) is 14.4 Å². The number of hydrogen-bond acceptors (Lipinski definition) is 6. The summed E-state index contributed by atoms with van der Waals surface area (Å²) in [6.07, 6.45) is 8.85. The smallest absolute Gasteiger partial charge is 0.251 e. The van der Waals surface area contributed by atoms with Crippen molar-refractivity contribution in [3.63, 3.8) is 0 Å². The maximum absolute atomic E-state index is 14.8. The average molecular weight is 581 g/mol. The second-order valence-corrected chi connectivity index (χ2v) is 13.8. The van der Waals surface area contributed by atoms with Crippen LogP contribution in [0.15, 0.2) is 48.6 Å². The number of anilines is 2. The Balaban J connectivity index is 1.63. The molecule has 0 saturated carbocycles. The van der Waals surface area contributed by atoms with E-state index in [1.54, 1.807) is 33.5 Å². The van der Waals surface area contributed by atoms with Crippen molar-refractivity contribution in [2.75, 3.05) is 49.6 Å². The van der Waals surface area contributed by atoms with Gasteiger partial charge in [0, 0.05) is 49.3 Å². The van der Waals surface area contributed by atoms with Gasteiger partial charge in [0.15, 0.2) is 0 Å². The second kappa shape index (κ2) is 11.1. The van der Waals surface area contributed by atoms with Crippen LogP contribution in [-0.4, -0.2) is 94.0 Å². The lowest BCUT2D eigenvalue weighted by Crippen LogP contribution is -2.58. The fourth-order valence-corrected chi connectivity index (χ4v) is 9.56. The summed E-state index contributed by atoms with van der Waals surface area (Å²) in [6, 6.07) is 6.67. The van der Waals surface area contributed by atoms with Gasteiger partial charge in [-0.1, -0.05) is 44.6 Å². The lowest BCUT2D eigenvalue weighted by molar-refractivity contribution is -0.145. The van der Waals surface area contributed by atoms with Crippen LogP contribution in [0.1, 0.15) is 41.0 Å². The van der Waals surface area contributed by atoms with E-state index in [1.807, 2.05) is 63.3 Å². The summed E-state index contributed by atoms with van der Waals surface area (Å²) >= 11 is 1.58. The molecule has 9 heteroatoms. The van der Waals surface area contributed by atoms with Gasteiger partial charge in [-0.3, -0.25) is 14.4 Å². The molecule has 4 aliphatic rings. The maximum Gasteiger partial charge on any atom is 0.251 e. The maximum atomic E-state index is 14.8. The Bertz CT molecular complexity index is 1250. The highest BCUT2D eigenvalue weighted by Gasteiger charge is 2.74. The number of benzene rings is 1. The van der Waals surface area contributed by atoms with E-state index in [1.165, 1.54) is 0 Å². The monoisotopic (exact) mass is 580 g/mol. The molecule has 8 nitrogen and oxygen atoms in total. The number of hydrogen-bond donors (Lipinski definition) is 1. The molecule has 1 N–H and O–H groups in total. The Morgan fingerprint density at radius 1 is 0.976 bits per heavy atom. The molecule has 2 saturated heterocycles. The molecule has 1 aromatic carbocycles. The van der Waals surface area contributed by atoms with E-state index in [-0.39, 0.29) is 30.2 Å².